The van der Waals surface area contributed by atoms with Crippen LogP contribution >= 0.6 is 0 Å². The Kier molecular flexibility index (Phi) is 14.0. The van der Waals surface area contributed by atoms with Crippen LogP contribution in [0.2, 0.25) is 0 Å². The van der Waals surface area contributed by atoms with Gasteiger partial charge in [-0.15, -0.1) is 0 Å². The maximum Gasteiger partial charge on any atom is 0.416 e. The Balaban J connectivity index is 0.902. The normalized spacial score (nSPS) is 14.9. The van der Waals surface area contributed by atoms with Gasteiger partial charge in [0.1, 0.15) is 30.3 Å². The number of aromatic nitrogens is 4. The molecule has 0 radical (unpaired) electrons. The van der Waals surface area contributed by atoms with Gasteiger partial charge in [-0.2, -0.15) is 18.3 Å². The van der Waals surface area contributed by atoms with Crippen LogP contribution in [0.3, 0.4) is 0 Å². The topological polar surface area (TPSA) is 280 Å². The second kappa shape index (κ2) is 19.9. The minimum Gasteiger partial charge on any atom is -0.444 e. The average Bonchev–Trinajstić information content (AvgIpc) is 4.02. The molecule has 360 valence electrons. The maximum atomic E-state index is 13.5. The van der Waals surface area contributed by atoms with Crippen molar-refractivity contribution in [2.75, 3.05) is 36.5 Å². The van der Waals surface area contributed by atoms with Crippen molar-refractivity contribution in [3.8, 4) is 17.1 Å². The number of aryl methyl sites for hydroxylation is 1. The van der Waals surface area contributed by atoms with Gasteiger partial charge in [-0.1, -0.05) is 12.1 Å². The standard InChI is InChI=1S/C45H43F3N10O11/c1-44(2,3)69-43(66)56(23-45(46,47)48)32-20-26(15-16-50-32)40-53-30(22-68-40)38(62)52-29-21-57(55-35(29)36(49)60)27-11-9-25(10-12-27)37(61)51-17-19-67-18-5-7-24-6-4-8-28-34(24)42(65)58(41(28)64)31-13-14-33(59)54-39(31)63/h4,6,8-12,15-16,20-22,31H,5,7,13-14,17-19,23H2,1-3H3,(H2,49,60)(H,51,61)(H,52,62)(H,54,59,63). The number of imide groups is 2. The zero-order chi connectivity index (χ0) is 49.8. The molecular weight excluding hydrogens is 914 g/mol. The highest BCUT2D eigenvalue weighted by Gasteiger charge is 2.45. The van der Waals surface area contributed by atoms with Crippen LogP contribution in [0.1, 0.15) is 97.6 Å². The molecule has 1 atom stereocenters. The number of pyridine rings is 1. The van der Waals surface area contributed by atoms with Crippen LogP contribution in [0.25, 0.3) is 17.1 Å². The summed E-state index contributed by atoms with van der Waals surface area (Å²) in [5, 5.41) is 11.6. The summed E-state index contributed by atoms with van der Waals surface area (Å²) in [6, 6.07) is 12.3. The first-order chi connectivity index (χ1) is 32.7. The quantitative estimate of drug-likeness (QED) is 0.0791. The van der Waals surface area contributed by atoms with Crippen molar-refractivity contribution < 1.29 is 65.4 Å². The van der Waals surface area contributed by atoms with Gasteiger partial charge in [0.2, 0.25) is 17.7 Å². The van der Waals surface area contributed by atoms with Gasteiger partial charge in [0.15, 0.2) is 11.4 Å². The van der Waals surface area contributed by atoms with E-state index in [4.69, 9.17) is 19.6 Å². The monoisotopic (exact) mass is 956 g/mol. The number of rotatable bonds is 16. The lowest BCUT2D eigenvalue weighted by Gasteiger charge is -2.27. The fourth-order valence-electron chi connectivity index (χ4n) is 7.28. The smallest absolute Gasteiger partial charge is 0.416 e. The molecule has 1 fully saturated rings. The minimum atomic E-state index is -4.80. The van der Waals surface area contributed by atoms with Gasteiger partial charge in [0.05, 0.1) is 35.3 Å². The number of ether oxygens (including phenoxy) is 2. The first kappa shape index (κ1) is 48.6. The average molecular weight is 957 g/mol. The van der Waals surface area contributed by atoms with Gasteiger partial charge in [-0.05, 0) is 88.1 Å². The van der Waals surface area contributed by atoms with Crippen LogP contribution in [0.5, 0.6) is 0 Å². The van der Waals surface area contributed by atoms with E-state index in [1.165, 1.54) is 68.0 Å². The summed E-state index contributed by atoms with van der Waals surface area (Å²) in [6.07, 6.45) is -1.78. The number of carbonyl (C=O) groups is 8. The van der Waals surface area contributed by atoms with Crippen molar-refractivity contribution in [2.45, 2.75) is 64.3 Å². The number of amides is 8. The molecule has 2 aliphatic heterocycles. The largest absolute Gasteiger partial charge is 0.444 e. The van der Waals surface area contributed by atoms with E-state index in [0.29, 0.717) is 29.0 Å². The number of primary amides is 1. The molecule has 0 spiro atoms. The Morgan fingerprint density at radius 2 is 1.74 bits per heavy atom. The van der Waals surface area contributed by atoms with E-state index in [9.17, 15) is 51.5 Å². The lowest BCUT2D eigenvalue weighted by atomic mass is 9.99. The highest BCUT2D eigenvalue weighted by molar-refractivity contribution is 6.24. The van der Waals surface area contributed by atoms with Gasteiger partial charge in [-0.25, -0.2) is 19.4 Å². The number of hydrogen-bond acceptors (Lipinski definition) is 14. The summed E-state index contributed by atoms with van der Waals surface area (Å²) in [7, 11) is 0. The minimum absolute atomic E-state index is 0.0173. The second-order valence-electron chi connectivity index (χ2n) is 16.6. The Morgan fingerprint density at radius 3 is 2.43 bits per heavy atom. The Labute approximate surface area is 389 Å². The lowest BCUT2D eigenvalue weighted by Crippen LogP contribution is -2.54. The molecule has 0 aliphatic carbocycles. The fraction of sp³-hybridized carbons (Fsp3) is 0.311. The number of piperidine rings is 1. The van der Waals surface area contributed by atoms with Crippen molar-refractivity contribution in [1.82, 2.24) is 35.3 Å². The fourth-order valence-corrected chi connectivity index (χ4v) is 7.28. The predicted molar refractivity (Wildman–Crippen MR) is 234 cm³/mol. The number of benzene rings is 2. The van der Waals surface area contributed by atoms with Crippen LogP contribution in [0, 0.1) is 0 Å². The van der Waals surface area contributed by atoms with Crippen molar-refractivity contribution in [1.29, 1.82) is 0 Å². The summed E-state index contributed by atoms with van der Waals surface area (Å²) < 4.78 is 57.9. The van der Waals surface area contributed by atoms with E-state index in [1.54, 1.807) is 12.1 Å². The molecule has 0 bridgehead atoms. The molecule has 5 N–H and O–H groups in total. The van der Waals surface area contributed by atoms with Crippen LogP contribution in [-0.2, 0) is 25.5 Å². The first-order valence-electron chi connectivity index (χ1n) is 21.2. The third-order valence-corrected chi connectivity index (χ3v) is 10.4. The van der Waals surface area contributed by atoms with Gasteiger partial charge >= 0.3 is 12.3 Å². The number of oxazole rings is 1. The highest BCUT2D eigenvalue weighted by Crippen LogP contribution is 2.31. The first-order valence-corrected chi connectivity index (χ1v) is 21.2. The second-order valence-corrected chi connectivity index (χ2v) is 16.6. The third-order valence-electron chi connectivity index (χ3n) is 10.4. The number of fused-ring (bicyclic) bond motifs is 1. The zero-order valence-corrected chi connectivity index (χ0v) is 37.0. The maximum absolute atomic E-state index is 13.5. The number of hydrogen-bond donors (Lipinski definition) is 4. The molecule has 2 aromatic carbocycles. The molecule has 0 saturated carbocycles. The number of nitrogens with one attached hydrogen (secondary N) is 3. The van der Waals surface area contributed by atoms with Crippen LogP contribution in [0.4, 0.5) is 29.5 Å². The zero-order valence-electron chi connectivity index (χ0n) is 37.0. The molecular formula is C45H43F3N10O11. The van der Waals surface area contributed by atoms with E-state index in [2.05, 4.69) is 31.0 Å². The van der Waals surface area contributed by atoms with Crippen molar-refractivity contribution in [3.05, 3.63) is 107 Å². The molecule has 21 nitrogen and oxygen atoms in total. The number of halogens is 3. The van der Waals surface area contributed by atoms with Gasteiger partial charge in [-0.3, -0.25) is 48.7 Å². The van der Waals surface area contributed by atoms with Gasteiger partial charge in [0.25, 0.3) is 29.5 Å². The molecule has 8 amide bonds. The molecule has 69 heavy (non-hydrogen) atoms. The van der Waals surface area contributed by atoms with Crippen molar-refractivity contribution in [3.63, 3.8) is 0 Å². The lowest BCUT2D eigenvalue weighted by molar-refractivity contribution is -0.136. The number of anilines is 2. The highest BCUT2D eigenvalue weighted by atomic mass is 19.4. The number of nitrogens with zero attached hydrogens (tertiary/aromatic N) is 6. The number of carbonyl (C=O) groups excluding carboxylic acids is 8. The summed E-state index contributed by atoms with van der Waals surface area (Å²) in [4.78, 5) is 111. The van der Waals surface area contributed by atoms with Crippen LogP contribution < -0.4 is 26.6 Å². The molecule has 2 aliphatic rings. The van der Waals surface area contributed by atoms with E-state index in [-0.39, 0.29) is 77.8 Å². The van der Waals surface area contributed by atoms with Crippen LogP contribution in [0.15, 0.2) is 77.7 Å². The predicted octanol–water partition coefficient (Wildman–Crippen LogP) is 4.36. The number of alkyl halides is 3. The van der Waals surface area contributed by atoms with E-state index in [1.807, 2.05) is 0 Å². The van der Waals surface area contributed by atoms with Crippen molar-refractivity contribution >= 4 is 58.9 Å². The van der Waals surface area contributed by atoms with Gasteiger partial charge < -0.3 is 30.3 Å². The summed E-state index contributed by atoms with van der Waals surface area (Å²) in [5.74, 6) is -5.24. The summed E-state index contributed by atoms with van der Waals surface area (Å²) in [6.45, 7) is 3.36. The Bertz CT molecular complexity index is 2850. The number of nitrogens with two attached hydrogens (primary N) is 1. The molecule has 7 rings (SSSR count). The Morgan fingerprint density at radius 1 is 0.986 bits per heavy atom. The molecule has 1 unspecified atom stereocenters. The van der Waals surface area contributed by atoms with Gasteiger partial charge in [0, 0.05) is 36.9 Å². The van der Waals surface area contributed by atoms with E-state index >= 15 is 0 Å². The molecule has 1 saturated heterocycles. The molecule has 24 heteroatoms. The van der Waals surface area contributed by atoms with E-state index < -0.39 is 77.6 Å². The summed E-state index contributed by atoms with van der Waals surface area (Å²) >= 11 is 0. The molecule has 5 aromatic rings. The molecule has 3 aromatic heterocycles. The Hall–Kier alpha value is -8.28. The summed E-state index contributed by atoms with van der Waals surface area (Å²) in [5.41, 5.74) is 5.45. The van der Waals surface area contributed by atoms with E-state index in [0.717, 1.165) is 23.4 Å². The SMILES string of the molecule is CC(C)(C)OC(=O)N(CC(F)(F)F)c1cc(-c2nc(C(=O)Nc3cn(-c4ccc(C(=O)NCCOCCCc5cccc6c5C(=O)N(C5CCC(=O)NC5=O)C6=O)cc4)nc3C(N)=O)co2)ccn1. The van der Waals surface area contributed by atoms with Crippen LogP contribution in [-0.4, -0.2) is 116 Å². The third kappa shape index (κ3) is 11.5. The molecule has 5 heterocycles. The van der Waals surface area contributed by atoms with Crippen molar-refractivity contribution in [2.24, 2.45) is 5.73 Å².